The average molecular weight is 351 g/mol. The number of H-pyrrole nitrogens is 1. The number of fused-ring (bicyclic) bond motifs is 2. The van der Waals surface area contributed by atoms with E-state index in [0.717, 1.165) is 23.6 Å². The molecule has 4 aromatic rings. The Labute approximate surface area is 148 Å². The van der Waals surface area contributed by atoms with E-state index in [1.807, 2.05) is 17.8 Å². The lowest BCUT2D eigenvalue weighted by Gasteiger charge is -2.28. The van der Waals surface area contributed by atoms with Gasteiger partial charge in [0.15, 0.2) is 17.6 Å². The number of aromatic nitrogens is 8. The molecule has 0 amide bonds. The van der Waals surface area contributed by atoms with E-state index in [2.05, 4.69) is 34.9 Å². The number of imidazole rings is 2. The van der Waals surface area contributed by atoms with Crippen LogP contribution in [0.4, 0.5) is 5.82 Å². The lowest BCUT2D eigenvalue weighted by molar-refractivity contribution is 0.200. The number of rotatable bonds is 3. The molecule has 0 aromatic carbocycles. The lowest BCUT2D eigenvalue weighted by Crippen LogP contribution is -2.34. The number of aliphatic hydroxyl groups excluding tert-OH is 1. The van der Waals surface area contributed by atoms with Gasteiger partial charge in [-0.3, -0.25) is 4.68 Å². The highest BCUT2D eigenvalue weighted by Crippen LogP contribution is 2.26. The lowest BCUT2D eigenvalue weighted by atomic mass is 10.2. The van der Waals surface area contributed by atoms with Gasteiger partial charge in [0.05, 0.1) is 30.8 Å². The molecule has 0 spiro atoms. The summed E-state index contributed by atoms with van der Waals surface area (Å²) in [7, 11) is 1.86. The van der Waals surface area contributed by atoms with Crippen molar-refractivity contribution in [3.63, 3.8) is 0 Å². The summed E-state index contributed by atoms with van der Waals surface area (Å²) >= 11 is 0. The molecular weight excluding hydrogens is 334 g/mol. The molecule has 132 valence electrons. The van der Waals surface area contributed by atoms with Gasteiger partial charge in [0.25, 0.3) is 0 Å². The zero-order chi connectivity index (χ0) is 17.7. The summed E-state index contributed by atoms with van der Waals surface area (Å²) in [5.74, 6) is 1.40. The second-order valence-corrected chi connectivity index (χ2v) is 6.30. The van der Waals surface area contributed by atoms with Crippen LogP contribution in [-0.4, -0.2) is 50.9 Å². The molecule has 2 N–H and O–H groups in total. The minimum absolute atomic E-state index is 0.576. The number of nitrogens with one attached hydrogen (secondary N) is 1. The number of aromatic amines is 1. The van der Waals surface area contributed by atoms with Crippen LogP contribution in [0, 0.1) is 0 Å². The van der Waals surface area contributed by atoms with Crippen LogP contribution in [0.1, 0.15) is 23.3 Å². The van der Waals surface area contributed by atoms with Crippen LogP contribution in [0.5, 0.6) is 0 Å². The van der Waals surface area contributed by atoms with Crippen LogP contribution in [0.2, 0.25) is 0 Å². The molecule has 10 heteroatoms. The molecule has 0 saturated heterocycles. The highest BCUT2D eigenvalue weighted by molar-refractivity contribution is 5.82. The van der Waals surface area contributed by atoms with E-state index in [1.165, 1.54) is 6.33 Å². The SMILES string of the molecule is Cn1ccnc1[C@@H](O)c1cc2n(n1)CCN(c1ncnc3nc[nH]c13)C2. The largest absolute Gasteiger partial charge is 0.379 e. The molecule has 0 bridgehead atoms. The minimum atomic E-state index is -0.847. The molecule has 4 aromatic heterocycles. The van der Waals surface area contributed by atoms with Crippen LogP contribution in [0.3, 0.4) is 0 Å². The van der Waals surface area contributed by atoms with Gasteiger partial charge >= 0.3 is 0 Å². The number of aliphatic hydroxyl groups is 1. The fraction of sp³-hybridized carbons (Fsp3) is 0.312. The molecule has 1 atom stereocenters. The Morgan fingerprint density at radius 3 is 2.96 bits per heavy atom. The monoisotopic (exact) mass is 351 g/mol. The summed E-state index contributed by atoms with van der Waals surface area (Å²) in [5, 5.41) is 15.2. The van der Waals surface area contributed by atoms with Gasteiger partial charge in [0.1, 0.15) is 17.7 Å². The van der Waals surface area contributed by atoms with E-state index in [0.29, 0.717) is 30.3 Å². The maximum Gasteiger partial charge on any atom is 0.182 e. The van der Waals surface area contributed by atoms with Gasteiger partial charge in [-0.15, -0.1) is 0 Å². The van der Waals surface area contributed by atoms with E-state index < -0.39 is 6.10 Å². The summed E-state index contributed by atoms with van der Waals surface area (Å²) in [5.41, 5.74) is 3.10. The van der Waals surface area contributed by atoms with E-state index in [9.17, 15) is 5.11 Å². The first kappa shape index (κ1) is 15.0. The number of aryl methyl sites for hydroxylation is 1. The molecule has 0 radical (unpaired) electrons. The third-order valence-corrected chi connectivity index (χ3v) is 4.70. The Hall–Kier alpha value is -3.27. The van der Waals surface area contributed by atoms with Crippen LogP contribution < -0.4 is 4.90 Å². The van der Waals surface area contributed by atoms with Gasteiger partial charge in [-0.1, -0.05) is 0 Å². The van der Waals surface area contributed by atoms with Gasteiger partial charge < -0.3 is 19.6 Å². The van der Waals surface area contributed by atoms with Gasteiger partial charge in [-0.25, -0.2) is 19.9 Å². The van der Waals surface area contributed by atoms with E-state index in [4.69, 9.17) is 0 Å². The molecule has 10 nitrogen and oxygen atoms in total. The van der Waals surface area contributed by atoms with Crippen LogP contribution in [0.25, 0.3) is 11.2 Å². The third-order valence-electron chi connectivity index (χ3n) is 4.70. The van der Waals surface area contributed by atoms with Gasteiger partial charge in [0.2, 0.25) is 0 Å². The van der Waals surface area contributed by atoms with Crippen LogP contribution in [0.15, 0.2) is 31.1 Å². The van der Waals surface area contributed by atoms with Gasteiger partial charge in [-0.2, -0.15) is 5.10 Å². The first-order chi connectivity index (χ1) is 12.7. The molecule has 1 aliphatic rings. The molecule has 0 unspecified atom stereocenters. The Bertz CT molecular complexity index is 1080. The number of hydrogen-bond acceptors (Lipinski definition) is 7. The quantitative estimate of drug-likeness (QED) is 0.549. The fourth-order valence-electron chi connectivity index (χ4n) is 3.37. The molecule has 5 heterocycles. The zero-order valence-electron chi connectivity index (χ0n) is 14.1. The molecule has 5 rings (SSSR count). The first-order valence-electron chi connectivity index (χ1n) is 8.31. The number of hydrogen-bond donors (Lipinski definition) is 2. The second-order valence-electron chi connectivity index (χ2n) is 6.30. The topological polar surface area (TPSA) is 114 Å². The third kappa shape index (κ3) is 2.26. The Balaban J connectivity index is 1.46. The summed E-state index contributed by atoms with van der Waals surface area (Å²) in [6.07, 6.45) is 5.78. The zero-order valence-corrected chi connectivity index (χ0v) is 14.1. The molecular formula is C16H17N9O. The summed E-state index contributed by atoms with van der Waals surface area (Å²) < 4.78 is 3.73. The normalized spacial score (nSPS) is 15.4. The van der Waals surface area contributed by atoms with Crippen molar-refractivity contribution in [1.29, 1.82) is 0 Å². The highest BCUT2D eigenvalue weighted by Gasteiger charge is 2.25. The van der Waals surface area contributed by atoms with E-state index in [1.54, 1.807) is 23.3 Å². The van der Waals surface area contributed by atoms with Crippen molar-refractivity contribution in [1.82, 2.24) is 39.3 Å². The maximum absolute atomic E-state index is 10.6. The summed E-state index contributed by atoms with van der Waals surface area (Å²) in [6.45, 7) is 2.12. The average Bonchev–Trinajstić information content (AvgIpc) is 3.38. The van der Waals surface area contributed by atoms with Crippen molar-refractivity contribution in [3.05, 3.63) is 48.3 Å². The summed E-state index contributed by atoms with van der Waals surface area (Å²) in [4.78, 5) is 22.3. The molecule has 26 heavy (non-hydrogen) atoms. The van der Waals surface area contributed by atoms with Crippen molar-refractivity contribution in [2.75, 3.05) is 11.4 Å². The number of anilines is 1. The van der Waals surface area contributed by atoms with E-state index >= 15 is 0 Å². The maximum atomic E-state index is 10.6. The Morgan fingerprint density at radius 2 is 2.12 bits per heavy atom. The molecule has 1 aliphatic heterocycles. The predicted molar refractivity (Wildman–Crippen MR) is 92.2 cm³/mol. The fourth-order valence-corrected chi connectivity index (χ4v) is 3.37. The second kappa shape index (κ2) is 5.63. The number of nitrogens with zero attached hydrogens (tertiary/aromatic N) is 8. The minimum Gasteiger partial charge on any atom is -0.379 e. The van der Waals surface area contributed by atoms with Crippen molar-refractivity contribution in [2.45, 2.75) is 19.2 Å². The Morgan fingerprint density at radius 1 is 1.19 bits per heavy atom. The van der Waals surface area contributed by atoms with Gasteiger partial charge in [0, 0.05) is 26.0 Å². The van der Waals surface area contributed by atoms with Crippen molar-refractivity contribution in [3.8, 4) is 0 Å². The van der Waals surface area contributed by atoms with E-state index in [-0.39, 0.29) is 0 Å². The van der Waals surface area contributed by atoms with Crippen molar-refractivity contribution >= 4 is 17.0 Å². The van der Waals surface area contributed by atoms with Crippen LogP contribution >= 0.6 is 0 Å². The highest BCUT2D eigenvalue weighted by atomic mass is 16.3. The summed E-state index contributed by atoms with van der Waals surface area (Å²) in [6, 6.07) is 1.93. The Kier molecular flexibility index (Phi) is 3.25. The standard InChI is InChI=1S/C16H17N9O/c1-23-3-2-17-16(23)13(26)11-6-10-7-24(4-5-25(10)22-11)15-12-14(19-8-18-12)20-9-21-15/h2-3,6,8-9,13,26H,4-5,7H2,1H3,(H,18,19,20,21)/t13-/m0/s1. The predicted octanol–water partition coefficient (Wildman–Crippen LogP) is 0.385. The van der Waals surface area contributed by atoms with Crippen LogP contribution in [-0.2, 0) is 20.1 Å². The smallest absolute Gasteiger partial charge is 0.182 e. The van der Waals surface area contributed by atoms with Crippen molar-refractivity contribution in [2.24, 2.45) is 7.05 Å². The molecule has 0 saturated carbocycles. The van der Waals surface area contributed by atoms with Crippen molar-refractivity contribution < 1.29 is 5.11 Å². The first-order valence-corrected chi connectivity index (χ1v) is 8.31. The molecule has 0 fully saturated rings. The van der Waals surface area contributed by atoms with Gasteiger partial charge in [-0.05, 0) is 6.07 Å². The molecule has 0 aliphatic carbocycles.